The van der Waals surface area contributed by atoms with Crippen LogP contribution in [0.4, 0.5) is 0 Å². The summed E-state index contributed by atoms with van der Waals surface area (Å²) in [5, 5.41) is 0.537. The molecule has 4 heteroatoms. The second-order valence-corrected chi connectivity index (χ2v) is 4.86. The SMILES string of the molecule is CCOc1ccc(Cl)cc1C(=O)C(C)Br. The average Bonchev–Trinajstić information content (AvgIpc) is 2.20. The number of carbonyl (C=O) groups excluding carboxylic acids is 1. The third-order valence-electron chi connectivity index (χ3n) is 1.87. The maximum absolute atomic E-state index is 11.8. The third-order valence-corrected chi connectivity index (χ3v) is 2.52. The quantitative estimate of drug-likeness (QED) is 0.624. The number of hydrogen-bond acceptors (Lipinski definition) is 2. The predicted molar refractivity (Wildman–Crippen MR) is 65.3 cm³/mol. The van der Waals surface area contributed by atoms with Crippen LogP contribution in [0.3, 0.4) is 0 Å². The second kappa shape index (κ2) is 5.52. The van der Waals surface area contributed by atoms with Crippen LogP contribution in [0, 0.1) is 0 Å². The summed E-state index contributed by atoms with van der Waals surface area (Å²) in [7, 11) is 0. The van der Waals surface area contributed by atoms with Crippen molar-refractivity contribution in [3.63, 3.8) is 0 Å². The van der Waals surface area contributed by atoms with Gasteiger partial charge in [0.25, 0.3) is 0 Å². The van der Waals surface area contributed by atoms with Gasteiger partial charge in [-0.25, -0.2) is 0 Å². The molecule has 0 radical (unpaired) electrons. The molecule has 1 atom stereocenters. The van der Waals surface area contributed by atoms with Crippen molar-refractivity contribution in [3.05, 3.63) is 28.8 Å². The fourth-order valence-electron chi connectivity index (χ4n) is 1.19. The van der Waals surface area contributed by atoms with E-state index in [4.69, 9.17) is 16.3 Å². The van der Waals surface area contributed by atoms with Gasteiger partial charge in [0.2, 0.25) is 0 Å². The monoisotopic (exact) mass is 290 g/mol. The normalized spacial score (nSPS) is 12.3. The first kappa shape index (κ1) is 12.5. The Kier molecular flexibility index (Phi) is 4.61. The van der Waals surface area contributed by atoms with Gasteiger partial charge in [-0.1, -0.05) is 27.5 Å². The average molecular weight is 292 g/mol. The van der Waals surface area contributed by atoms with Crippen LogP contribution < -0.4 is 4.74 Å². The zero-order valence-corrected chi connectivity index (χ0v) is 10.9. The highest BCUT2D eigenvalue weighted by molar-refractivity contribution is 9.10. The molecular weight excluding hydrogens is 279 g/mol. The number of benzene rings is 1. The smallest absolute Gasteiger partial charge is 0.179 e. The molecule has 1 rings (SSSR count). The highest BCUT2D eigenvalue weighted by Gasteiger charge is 2.17. The van der Waals surface area contributed by atoms with E-state index in [0.717, 1.165) is 0 Å². The zero-order chi connectivity index (χ0) is 11.4. The molecule has 1 aromatic rings. The van der Waals surface area contributed by atoms with Crippen molar-refractivity contribution >= 4 is 33.3 Å². The van der Waals surface area contributed by atoms with Crippen LogP contribution in [0.5, 0.6) is 5.75 Å². The summed E-state index contributed by atoms with van der Waals surface area (Å²) in [6.07, 6.45) is 0. The van der Waals surface area contributed by atoms with E-state index < -0.39 is 0 Å². The maximum Gasteiger partial charge on any atom is 0.179 e. The molecule has 1 aromatic carbocycles. The van der Waals surface area contributed by atoms with Gasteiger partial charge in [0.1, 0.15) is 5.75 Å². The van der Waals surface area contributed by atoms with E-state index in [1.807, 2.05) is 6.92 Å². The van der Waals surface area contributed by atoms with Crippen LogP contribution in [-0.4, -0.2) is 17.2 Å². The Labute approximate surface area is 103 Å². The number of Topliss-reactive ketones (excluding diaryl/α,β-unsaturated/α-hetero) is 1. The van der Waals surface area contributed by atoms with E-state index in [-0.39, 0.29) is 10.6 Å². The van der Waals surface area contributed by atoms with Crippen LogP contribution in [0.2, 0.25) is 5.02 Å². The van der Waals surface area contributed by atoms with Gasteiger partial charge in [0, 0.05) is 5.02 Å². The van der Waals surface area contributed by atoms with Gasteiger partial charge in [0.05, 0.1) is 17.0 Å². The molecular formula is C11H12BrClO2. The van der Waals surface area contributed by atoms with E-state index >= 15 is 0 Å². The number of rotatable bonds is 4. The van der Waals surface area contributed by atoms with Crippen molar-refractivity contribution in [3.8, 4) is 5.75 Å². The zero-order valence-electron chi connectivity index (χ0n) is 8.59. The van der Waals surface area contributed by atoms with Gasteiger partial charge in [-0.05, 0) is 32.0 Å². The molecule has 0 amide bonds. The van der Waals surface area contributed by atoms with Crippen molar-refractivity contribution in [1.82, 2.24) is 0 Å². The maximum atomic E-state index is 11.8. The molecule has 0 saturated carbocycles. The molecule has 0 aliphatic carbocycles. The molecule has 0 heterocycles. The van der Waals surface area contributed by atoms with Gasteiger partial charge in [0.15, 0.2) is 5.78 Å². The Morgan fingerprint density at radius 3 is 2.80 bits per heavy atom. The van der Waals surface area contributed by atoms with Crippen LogP contribution in [0.25, 0.3) is 0 Å². The first-order valence-corrected chi connectivity index (χ1v) is 5.96. The minimum Gasteiger partial charge on any atom is -0.493 e. The largest absolute Gasteiger partial charge is 0.493 e. The lowest BCUT2D eigenvalue weighted by Gasteiger charge is -2.10. The Hall–Kier alpha value is -0.540. The molecule has 0 spiro atoms. The lowest BCUT2D eigenvalue weighted by atomic mass is 10.1. The molecule has 0 fully saturated rings. The highest BCUT2D eigenvalue weighted by Crippen LogP contribution is 2.25. The summed E-state index contributed by atoms with van der Waals surface area (Å²) in [4.78, 5) is 11.6. The lowest BCUT2D eigenvalue weighted by molar-refractivity contribution is 0.0992. The van der Waals surface area contributed by atoms with Gasteiger partial charge in [-0.3, -0.25) is 4.79 Å². The summed E-state index contributed by atoms with van der Waals surface area (Å²) in [6.45, 7) is 4.18. The topological polar surface area (TPSA) is 26.3 Å². The minimum atomic E-state index is -0.241. The highest BCUT2D eigenvalue weighted by atomic mass is 79.9. The van der Waals surface area contributed by atoms with E-state index in [0.29, 0.717) is 22.9 Å². The lowest BCUT2D eigenvalue weighted by Crippen LogP contribution is -2.12. The molecule has 82 valence electrons. The molecule has 0 aliphatic rings. The molecule has 1 unspecified atom stereocenters. The molecule has 0 bridgehead atoms. The van der Waals surface area contributed by atoms with E-state index in [1.165, 1.54) is 0 Å². The molecule has 0 aliphatic heterocycles. The van der Waals surface area contributed by atoms with Crippen molar-refractivity contribution < 1.29 is 9.53 Å². The predicted octanol–water partition coefficient (Wildman–Crippen LogP) is 3.70. The molecule has 0 N–H and O–H groups in total. The summed E-state index contributed by atoms with van der Waals surface area (Å²) in [6, 6.07) is 5.06. The van der Waals surface area contributed by atoms with Gasteiger partial charge >= 0.3 is 0 Å². The first-order valence-electron chi connectivity index (χ1n) is 4.67. The van der Waals surface area contributed by atoms with E-state index in [2.05, 4.69) is 15.9 Å². The number of ether oxygens (including phenoxy) is 1. The van der Waals surface area contributed by atoms with Crippen LogP contribution in [0.1, 0.15) is 24.2 Å². The Bertz CT molecular complexity index is 364. The number of alkyl halides is 1. The second-order valence-electron chi connectivity index (χ2n) is 3.05. The minimum absolute atomic E-state index is 0.0269. The number of ketones is 1. The van der Waals surface area contributed by atoms with Gasteiger partial charge in [-0.15, -0.1) is 0 Å². The number of carbonyl (C=O) groups is 1. The van der Waals surface area contributed by atoms with Crippen LogP contribution in [0.15, 0.2) is 18.2 Å². The molecule has 15 heavy (non-hydrogen) atoms. The van der Waals surface area contributed by atoms with Gasteiger partial charge < -0.3 is 4.74 Å². The standard InChI is InChI=1S/C11H12BrClO2/c1-3-15-10-5-4-8(13)6-9(10)11(14)7(2)12/h4-7H,3H2,1-2H3. The van der Waals surface area contributed by atoms with Crippen molar-refractivity contribution in [2.24, 2.45) is 0 Å². The van der Waals surface area contributed by atoms with Crippen molar-refractivity contribution in [2.75, 3.05) is 6.61 Å². The molecule has 0 aromatic heterocycles. The number of halogens is 2. The van der Waals surface area contributed by atoms with E-state index in [9.17, 15) is 4.79 Å². The summed E-state index contributed by atoms with van der Waals surface area (Å²) in [5.74, 6) is 0.555. The summed E-state index contributed by atoms with van der Waals surface area (Å²) >= 11 is 9.08. The summed E-state index contributed by atoms with van der Waals surface area (Å²) in [5.41, 5.74) is 0.522. The third kappa shape index (κ3) is 3.21. The first-order chi connectivity index (χ1) is 7.06. The van der Waals surface area contributed by atoms with Gasteiger partial charge in [-0.2, -0.15) is 0 Å². The Morgan fingerprint density at radius 2 is 2.27 bits per heavy atom. The van der Waals surface area contributed by atoms with Crippen LogP contribution in [-0.2, 0) is 0 Å². The van der Waals surface area contributed by atoms with Crippen LogP contribution >= 0.6 is 27.5 Å². The Balaban J connectivity index is 3.12. The molecule has 0 saturated heterocycles. The fourth-order valence-corrected chi connectivity index (χ4v) is 1.61. The summed E-state index contributed by atoms with van der Waals surface area (Å²) < 4.78 is 5.36. The fraction of sp³-hybridized carbons (Fsp3) is 0.364. The Morgan fingerprint density at radius 1 is 1.60 bits per heavy atom. The van der Waals surface area contributed by atoms with Crippen molar-refractivity contribution in [2.45, 2.75) is 18.7 Å². The van der Waals surface area contributed by atoms with E-state index in [1.54, 1.807) is 25.1 Å². The van der Waals surface area contributed by atoms with Crippen molar-refractivity contribution in [1.29, 1.82) is 0 Å². The molecule has 2 nitrogen and oxygen atoms in total. The number of hydrogen-bond donors (Lipinski definition) is 0.